The van der Waals surface area contributed by atoms with Crippen molar-refractivity contribution in [2.75, 3.05) is 30.9 Å². The van der Waals surface area contributed by atoms with E-state index in [2.05, 4.69) is 44.1 Å². The molecule has 3 aromatic rings. The minimum absolute atomic E-state index is 0.152. The molecule has 31 heavy (non-hydrogen) atoms. The van der Waals surface area contributed by atoms with Crippen molar-refractivity contribution in [2.24, 2.45) is 0 Å². The number of aryl methyl sites for hydroxylation is 1. The number of anilines is 1. The third-order valence-electron chi connectivity index (χ3n) is 6.29. The van der Waals surface area contributed by atoms with Crippen molar-refractivity contribution in [3.05, 3.63) is 29.7 Å². The average Bonchev–Trinajstić information content (AvgIpc) is 3.34. The summed E-state index contributed by atoms with van der Waals surface area (Å²) in [6.45, 7) is 6.07. The molecule has 166 valence electrons. The fraction of sp³-hybridized carbons (Fsp3) is 0.526. The van der Waals surface area contributed by atoms with Gasteiger partial charge < -0.3 is 9.64 Å². The summed E-state index contributed by atoms with van der Waals surface area (Å²) < 4.78 is 34.0. The number of rotatable bonds is 5. The van der Waals surface area contributed by atoms with Crippen LogP contribution in [0, 0.1) is 6.92 Å². The van der Waals surface area contributed by atoms with Crippen molar-refractivity contribution in [1.29, 1.82) is 0 Å². The van der Waals surface area contributed by atoms with Gasteiger partial charge in [-0.15, -0.1) is 0 Å². The van der Waals surface area contributed by atoms with Gasteiger partial charge >= 0.3 is 0 Å². The first kappa shape index (κ1) is 21.5. The molecule has 1 aliphatic heterocycles. The summed E-state index contributed by atoms with van der Waals surface area (Å²) in [7, 11) is -3.31. The van der Waals surface area contributed by atoms with E-state index in [4.69, 9.17) is 9.72 Å². The maximum atomic E-state index is 12.8. The number of hydrogen-bond acceptors (Lipinski definition) is 7. The highest BCUT2D eigenvalue weighted by molar-refractivity contribution is 14.2. The van der Waals surface area contributed by atoms with Crippen molar-refractivity contribution >= 4 is 49.7 Å². The summed E-state index contributed by atoms with van der Waals surface area (Å²) in [4.78, 5) is 7.20. The van der Waals surface area contributed by atoms with Gasteiger partial charge in [0.15, 0.2) is 15.5 Å². The van der Waals surface area contributed by atoms with Crippen molar-refractivity contribution in [3.8, 4) is 11.3 Å². The van der Waals surface area contributed by atoms with Gasteiger partial charge in [-0.25, -0.2) is 22.4 Å². The Bertz CT molecular complexity index is 1270. The van der Waals surface area contributed by atoms with Crippen LogP contribution in [0.15, 0.2) is 18.5 Å². The minimum Gasteiger partial charge on any atom is -0.377 e. The molecule has 0 radical (unpaired) electrons. The second kappa shape index (κ2) is 7.64. The van der Waals surface area contributed by atoms with Crippen LogP contribution < -0.4 is 4.90 Å². The zero-order chi connectivity index (χ0) is 22.0. The average molecular weight is 574 g/mol. The topological polar surface area (TPSA) is 94.6 Å². The van der Waals surface area contributed by atoms with E-state index in [0.29, 0.717) is 50.3 Å². The molecule has 3 aromatic heterocycles. The first-order valence-corrected chi connectivity index (χ1v) is 16.1. The van der Waals surface area contributed by atoms with Crippen molar-refractivity contribution < 1.29 is 13.2 Å². The first-order valence-electron chi connectivity index (χ1n) is 10.1. The van der Waals surface area contributed by atoms with Gasteiger partial charge in [-0.05, 0) is 54.3 Å². The van der Waals surface area contributed by atoms with Gasteiger partial charge in [0.2, 0.25) is 0 Å². The number of ether oxygens (including phenoxy) is 1. The Labute approximate surface area is 195 Å². The van der Waals surface area contributed by atoms with Gasteiger partial charge in [0.1, 0.15) is 10.6 Å². The predicted octanol–water partition coefficient (Wildman–Crippen LogP) is 2.95. The molecule has 0 amide bonds. The van der Waals surface area contributed by atoms with Gasteiger partial charge in [0.25, 0.3) is 0 Å². The molecule has 2 aliphatic rings. The number of morpholine rings is 1. The zero-order valence-electron chi connectivity index (χ0n) is 17.5. The number of nitrogens with zero attached hydrogens (tertiary/aromatic N) is 6. The molecule has 2 atom stereocenters. The van der Waals surface area contributed by atoms with Crippen LogP contribution in [0.5, 0.6) is 0 Å². The fourth-order valence-corrected chi connectivity index (χ4v) is 7.36. The van der Waals surface area contributed by atoms with E-state index in [9.17, 15) is 8.42 Å². The second-order valence-corrected chi connectivity index (χ2v) is 12.7. The molecular weight excluding hydrogens is 550 g/mol. The van der Waals surface area contributed by atoms with Crippen LogP contribution in [-0.2, 0) is 19.3 Å². The van der Waals surface area contributed by atoms with Crippen LogP contribution in [0.1, 0.15) is 31.0 Å². The lowest BCUT2D eigenvalue weighted by molar-refractivity contribution is 0.0985. The molecule has 1 unspecified atom stereocenters. The number of sulfone groups is 1. The van der Waals surface area contributed by atoms with Crippen LogP contribution in [0.3, 0.4) is 0 Å². The molecule has 12 heteroatoms. The Hall–Kier alpha value is -1.30. The Kier molecular flexibility index (Phi) is 5.31. The van der Waals surface area contributed by atoms with E-state index in [0.717, 1.165) is 22.6 Å². The maximum absolute atomic E-state index is 12.8. The number of fused-ring (bicyclic) bond motifs is 1. The molecule has 0 bridgehead atoms. The Morgan fingerprint density at radius 1 is 1.29 bits per heavy atom. The van der Waals surface area contributed by atoms with Gasteiger partial charge in [0.05, 0.1) is 55.0 Å². The predicted molar refractivity (Wildman–Crippen MR) is 130 cm³/mol. The Morgan fingerprint density at radius 3 is 2.71 bits per heavy atom. The number of halogens is 1. The number of aromatic nitrogens is 5. The molecule has 0 spiro atoms. The molecule has 1 saturated heterocycles. The van der Waals surface area contributed by atoms with E-state index in [-0.39, 0.29) is 6.04 Å². The minimum atomic E-state index is -3.31. The van der Waals surface area contributed by atoms with E-state index in [1.54, 1.807) is 10.7 Å². The van der Waals surface area contributed by atoms with Gasteiger partial charge in [-0.2, -0.15) is 10.2 Å². The summed E-state index contributed by atoms with van der Waals surface area (Å²) >= 11 is 2.30. The highest BCUT2D eigenvalue weighted by atomic mass is 127. The molecule has 1 aliphatic carbocycles. The zero-order valence-corrected chi connectivity index (χ0v) is 21.5. The molecule has 2 fully saturated rings. The van der Waals surface area contributed by atoms with Gasteiger partial charge in [-0.3, -0.25) is 0 Å². The monoisotopic (exact) mass is 574 g/mol. The summed E-state index contributed by atoms with van der Waals surface area (Å²) in [5.41, 5.74) is 4.24. The third kappa shape index (κ3) is 3.39. The fourth-order valence-electron chi connectivity index (χ4n) is 4.41. The van der Waals surface area contributed by atoms with Crippen LogP contribution in [0.2, 0.25) is 0 Å². The van der Waals surface area contributed by atoms with Crippen molar-refractivity contribution in [2.45, 2.75) is 37.5 Å². The highest BCUT2D eigenvalue weighted by Gasteiger charge is 2.56. The quantitative estimate of drug-likeness (QED) is 0.342. The van der Waals surface area contributed by atoms with Crippen LogP contribution >= 0.6 is 28.4 Å². The number of hydrogen-bond donors (Lipinski definition) is 0. The lowest BCUT2D eigenvalue weighted by Gasteiger charge is -2.34. The highest BCUT2D eigenvalue weighted by Crippen LogP contribution is 2.53. The molecule has 5 rings (SSSR count). The van der Waals surface area contributed by atoms with E-state index < -0.39 is 14.6 Å². The standard InChI is InChI=1S/C19H24IN6O3PS/c1-12-9-22-26(30-20)17(12)14-10-21-25-15(19(4-5-19)31(3,27)28)8-16(23-18(14)25)24-6-7-29-11-13(24)2/h8-10,13,30H,4-7,11H2,1-3H3/t13-/m1/s1. The normalized spacial score (nSPS) is 21.4. The summed E-state index contributed by atoms with van der Waals surface area (Å²) in [6, 6.07) is 2.07. The molecule has 0 N–H and O–H groups in total. The lowest BCUT2D eigenvalue weighted by Crippen LogP contribution is -2.44. The van der Waals surface area contributed by atoms with E-state index in [1.165, 1.54) is 6.26 Å². The van der Waals surface area contributed by atoms with Gasteiger partial charge in [0, 0.05) is 18.9 Å². The van der Waals surface area contributed by atoms with Crippen LogP contribution in [0.4, 0.5) is 5.82 Å². The Balaban J connectivity index is 1.79. The van der Waals surface area contributed by atoms with E-state index in [1.807, 2.05) is 23.6 Å². The lowest BCUT2D eigenvalue weighted by atomic mass is 10.1. The maximum Gasteiger partial charge on any atom is 0.167 e. The van der Waals surface area contributed by atoms with E-state index >= 15 is 0 Å². The smallest absolute Gasteiger partial charge is 0.167 e. The summed E-state index contributed by atoms with van der Waals surface area (Å²) in [6.07, 6.45) is 6.59. The van der Waals surface area contributed by atoms with Crippen molar-refractivity contribution in [3.63, 3.8) is 0 Å². The molecule has 1 saturated carbocycles. The summed E-state index contributed by atoms with van der Waals surface area (Å²) in [5, 5.41) is 9.10. The van der Waals surface area contributed by atoms with Gasteiger partial charge in [-0.1, -0.05) is 0 Å². The third-order valence-corrected chi connectivity index (χ3v) is 10.2. The summed E-state index contributed by atoms with van der Waals surface area (Å²) in [5.74, 6) is 0.774. The van der Waals surface area contributed by atoms with Crippen LogP contribution in [-0.4, -0.2) is 64.6 Å². The second-order valence-electron chi connectivity index (χ2n) is 8.35. The largest absolute Gasteiger partial charge is 0.377 e. The molecule has 9 nitrogen and oxygen atoms in total. The SMILES string of the molecule is Cc1cnn(PI)c1-c1cnn2c(C3(S(C)(=O)=O)CC3)cc(N3CCOC[C@H]3C)nc12. The van der Waals surface area contributed by atoms with Crippen molar-refractivity contribution in [1.82, 2.24) is 24.1 Å². The molecule has 4 heterocycles. The first-order chi connectivity index (χ1) is 14.8. The molecule has 0 aromatic carbocycles. The van der Waals surface area contributed by atoms with Crippen LogP contribution in [0.25, 0.3) is 16.9 Å². The Morgan fingerprint density at radius 2 is 2.06 bits per heavy atom. The molecular formula is C19H24IN6O3PS.